The normalized spacial score (nSPS) is 21.9. The van der Waals surface area contributed by atoms with Crippen molar-refractivity contribution in [3.05, 3.63) is 58.1 Å². The molecular formula is C20H21N5O3. The van der Waals surface area contributed by atoms with Crippen LogP contribution in [0.2, 0.25) is 0 Å². The number of para-hydroxylation sites is 1. The molecule has 1 aliphatic carbocycles. The largest absolute Gasteiger partial charge is 0.377 e. The fourth-order valence-corrected chi connectivity index (χ4v) is 3.81. The second kappa shape index (κ2) is 6.56. The molecule has 2 aliphatic rings. The zero-order chi connectivity index (χ0) is 19.3. The fraction of sp³-hybridized carbons (Fsp3) is 0.400. The van der Waals surface area contributed by atoms with Gasteiger partial charge in [-0.15, -0.1) is 0 Å². The number of fused-ring (bicyclic) bond motifs is 1. The van der Waals surface area contributed by atoms with Crippen LogP contribution in [-0.4, -0.2) is 44.7 Å². The molecule has 1 aliphatic heterocycles. The Labute approximate surface area is 161 Å². The molecule has 2 unspecified atom stereocenters. The van der Waals surface area contributed by atoms with Crippen LogP contribution in [0.25, 0.3) is 10.9 Å². The number of hydrogen-bond acceptors (Lipinski definition) is 5. The molecule has 8 nitrogen and oxygen atoms in total. The number of ether oxygens (including phenoxy) is 1. The Morgan fingerprint density at radius 1 is 1.14 bits per heavy atom. The monoisotopic (exact) mass is 379 g/mol. The summed E-state index contributed by atoms with van der Waals surface area (Å²) in [5.41, 5.74) is 2.02. The van der Waals surface area contributed by atoms with Gasteiger partial charge in [0.2, 0.25) is 0 Å². The van der Waals surface area contributed by atoms with Crippen LogP contribution < -0.4 is 10.9 Å². The summed E-state index contributed by atoms with van der Waals surface area (Å²) >= 11 is 0. The molecular weight excluding hydrogens is 358 g/mol. The van der Waals surface area contributed by atoms with Crippen LogP contribution in [0.3, 0.4) is 0 Å². The number of aromatic nitrogens is 4. The van der Waals surface area contributed by atoms with Crippen molar-refractivity contribution in [1.82, 2.24) is 24.9 Å². The lowest BCUT2D eigenvalue weighted by Gasteiger charge is -2.20. The van der Waals surface area contributed by atoms with Crippen LogP contribution in [-0.2, 0) is 11.8 Å². The summed E-state index contributed by atoms with van der Waals surface area (Å²) in [6.07, 6.45) is 2.22. The van der Waals surface area contributed by atoms with E-state index < -0.39 is 0 Å². The van der Waals surface area contributed by atoms with Crippen LogP contribution in [0.5, 0.6) is 0 Å². The van der Waals surface area contributed by atoms with Gasteiger partial charge in [-0.1, -0.05) is 18.2 Å². The molecule has 1 aromatic carbocycles. The van der Waals surface area contributed by atoms with Gasteiger partial charge in [0.25, 0.3) is 11.5 Å². The van der Waals surface area contributed by atoms with E-state index in [4.69, 9.17) is 4.74 Å². The first-order chi connectivity index (χ1) is 13.6. The van der Waals surface area contributed by atoms with E-state index in [-0.39, 0.29) is 23.6 Å². The third-order valence-corrected chi connectivity index (χ3v) is 5.50. The summed E-state index contributed by atoms with van der Waals surface area (Å²) in [5.74, 6) is 0.172. The maximum Gasteiger partial charge on any atom is 0.272 e. The second-order valence-electron chi connectivity index (χ2n) is 7.49. The van der Waals surface area contributed by atoms with Crippen LogP contribution >= 0.6 is 0 Å². The number of nitrogens with one attached hydrogen (secondary N) is 1. The Morgan fingerprint density at radius 2 is 1.96 bits per heavy atom. The van der Waals surface area contributed by atoms with Gasteiger partial charge in [-0.05, 0) is 25.0 Å². The average molecular weight is 379 g/mol. The molecule has 0 bridgehead atoms. The molecule has 3 heterocycles. The Kier molecular flexibility index (Phi) is 4.01. The predicted octanol–water partition coefficient (Wildman–Crippen LogP) is 1.38. The summed E-state index contributed by atoms with van der Waals surface area (Å²) in [5, 5.41) is 12.7. The van der Waals surface area contributed by atoms with Crippen molar-refractivity contribution >= 4 is 16.8 Å². The summed E-state index contributed by atoms with van der Waals surface area (Å²) in [6.45, 7) is 0.678. The summed E-state index contributed by atoms with van der Waals surface area (Å²) in [4.78, 5) is 25.3. The predicted molar refractivity (Wildman–Crippen MR) is 102 cm³/mol. The molecule has 0 radical (unpaired) electrons. The van der Waals surface area contributed by atoms with Crippen LogP contribution in [0, 0.1) is 0 Å². The highest BCUT2D eigenvalue weighted by Gasteiger charge is 2.34. The van der Waals surface area contributed by atoms with Gasteiger partial charge in [-0.3, -0.25) is 14.3 Å². The van der Waals surface area contributed by atoms with Gasteiger partial charge < -0.3 is 10.1 Å². The molecule has 3 aromatic rings. The molecule has 1 saturated heterocycles. The summed E-state index contributed by atoms with van der Waals surface area (Å²) in [6, 6.07) is 10.3. The number of benzene rings is 1. The minimum atomic E-state index is -0.340. The van der Waals surface area contributed by atoms with E-state index in [1.807, 2.05) is 31.3 Å². The zero-order valence-electron chi connectivity index (χ0n) is 15.5. The van der Waals surface area contributed by atoms with Gasteiger partial charge in [-0.25, -0.2) is 4.68 Å². The van der Waals surface area contributed by atoms with Crippen molar-refractivity contribution in [3.63, 3.8) is 0 Å². The summed E-state index contributed by atoms with van der Waals surface area (Å²) < 4.78 is 8.75. The molecule has 2 fully saturated rings. The van der Waals surface area contributed by atoms with Crippen LogP contribution in [0.4, 0.5) is 0 Å². The minimum Gasteiger partial charge on any atom is -0.377 e. The molecule has 5 rings (SSSR count). The number of nitrogens with zero attached hydrogens (tertiary/aromatic N) is 4. The molecule has 1 saturated carbocycles. The number of carbonyl (C=O) groups excluding carboxylic acids is 1. The SMILES string of the molecule is Cn1nc(C(=O)NC2COCC2n2nc(C3CC3)ccc2=O)c2ccccc21. The van der Waals surface area contributed by atoms with Gasteiger partial charge in [0.15, 0.2) is 5.69 Å². The quantitative estimate of drug-likeness (QED) is 0.739. The first-order valence-electron chi connectivity index (χ1n) is 9.52. The Balaban J connectivity index is 1.42. The van der Waals surface area contributed by atoms with Gasteiger partial charge in [0.1, 0.15) is 6.04 Å². The van der Waals surface area contributed by atoms with Crippen molar-refractivity contribution in [2.24, 2.45) is 7.05 Å². The Morgan fingerprint density at radius 3 is 2.79 bits per heavy atom. The van der Waals surface area contributed by atoms with E-state index in [9.17, 15) is 9.59 Å². The van der Waals surface area contributed by atoms with E-state index in [1.54, 1.807) is 16.8 Å². The lowest BCUT2D eigenvalue weighted by Crippen LogP contribution is -2.44. The van der Waals surface area contributed by atoms with Crippen molar-refractivity contribution < 1.29 is 9.53 Å². The van der Waals surface area contributed by atoms with Crippen molar-refractivity contribution in [2.75, 3.05) is 13.2 Å². The van der Waals surface area contributed by atoms with E-state index in [0.29, 0.717) is 24.8 Å². The van der Waals surface area contributed by atoms with E-state index in [1.165, 1.54) is 4.68 Å². The molecule has 144 valence electrons. The van der Waals surface area contributed by atoms with Crippen molar-refractivity contribution in [2.45, 2.75) is 30.8 Å². The molecule has 28 heavy (non-hydrogen) atoms. The molecule has 1 N–H and O–H groups in total. The number of rotatable bonds is 4. The average Bonchev–Trinajstić information content (AvgIpc) is 3.36. The highest BCUT2D eigenvalue weighted by Crippen LogP contribution is 2.38. The lowest BCUT2D eigenvalue weighted by molar-refractivity contribution is 0.0920. The standard InChI is InChI=1S/C20H21N5O3/c1-24-16-5-3-2-4-13(16)19(23-24)20(27)21-15-10-28-11-17(15)25-18(26)9-8-14(22-25)12-6-7-12/h2-5,8-9,12,15,17H,6-7,10-11H2,1H3,(H,21,27). The van der Waals surface area contributed by atoms with Crippen LogP contribution in [0.15, 0.2) is 41.2 Å². The first kappa shape index (κ1) is 17.1. The highest BCUT2D eigenvalue weighted by molar-refractivity contribution is 6.04. The van der Waals surface area contributed by atoms with Crippen molar-refractivity contribution in [3.8, 4) is 0 Å². The van der Waals surface area contributed by atoms with Crippen LogP contribution in [0.1, 0.15) is 41.0 Å². The lowest BCUT2D eigenvalue weighted by atomic mass is 10.1. The molecule has 2 atom stereocenters. The number of hydrogen-bond donors (Lipinski definition) is 1. The van der Waals surface area contributed by atoms with E-state index in [2.05, 4.69) is 15.5 Å². The molecule has 1 amide bonds. The Hall–Kier alpha value is -3.00. The van der Waals surface area contributed by atoms with Gasteiger partial charge in [0.05, 0.1) is 30.5 Å². The maximum atomic E-state index is 12.9. The third kappa shape index (κ3) is 2.90. The van der Waals surface area contributed by atoms with Crippen molar-refractivity contribution in [1.29, 1.82) is 0 Å². The minimum absolute atomic E-state index is 0.178. The van der Waals surface area contributed by atoms with E-state index in [0.717, 1.165) is 29.4 Å². The molecule has 0 spiro atoms. The highest BCUT2D eigenvalue weighted by atomic mass is 16.5. The second-order valence-corrected chi connectivity index (χ2v) is 7.49. The van der Waals surface area contributed by atoms with Gasteiger partial charge in [-0.2, -0.15) is 10.2 Å². The number of aryl methyl sites for hydroxylation is 1. The maximum absolute atomic E-state index is 12.9. The van der Waals surface area contributed by atoms with Gasteiger partial charge >= 0.3 is 0 Å². The zero-order valence-corrected chi connectivity index (χ0v) is 15.5. The van der Waals surface area contributed by atoms with E-state index >= 15 is 0 Å². The third-order valence-electron chi connectivity index (χ3n) is 5.50. The van der Waals surface area contributed by atoms with Gasteiger partial charge in [0, 0.05) is 24.4 Å². The fourth-order valence-electron chi connectivity index (χ4n) is 3.81. The molecule has 8 heteroatoms. The Bertz CT molecular complexity index is 1110. The summed E-state index contributed by atoms with van der Waals surface area (Å²) in [7, 11) is 1.81. The topological polar surface area (TPSA) is 91.0 Å². The molecule has 2 aromatic heterocycles. The smallest absolute Gasteiger partial charge is 0.272 e. The number of amides is 1. The first-order valence-corrected chi connectivity index (χ1v) is 9.52. The number of carbonyl (C=O) groups is 1.